The van der Waals surface area contributed by atoms with Crippen LogP contribution in [0.15, 0.2) is 66.9 Å². The number of hydrogen-bond donors (Lipinski definition) is 1. The minimum Gasteiger partial charge on any atom is -0.444 e. The van der Waals surface area contributed by atoms with Crippen molar-refractivity contribution >= 4 is 12.0 Å². The molecule has 1 unspecified atom stereocenters. The second-order valence-electron chi connectivity index (χ2n) is 12.1. The molecule has 0 saturated carbocycles. The number of hydrogen-bond acceptors (Lipinski definition) is 7. The van der Waals surface area contributed by atoms with E-state index in [0.717, 1.165) is 54.1 Å². The van der Waals surface area contributed by atoms with E-state index in [1.807, 2.05) is 44.0 Å². The van der Waals surface area contributed by atoms with E-state index in [1.165, 1.54) is 5.56 Å². The highest BCUT2D eigenvalue weighted by atomic mass is 16.6. The van der Waals surface area contributed by atoms with Crippen molar-refractivity contribution in [2.45, 2.75) is 59.2 Å². The molecule has 0 spiro atoms. The first-order valence-corrected chi connectivity index (χ1v) is 14.5. The van der Waals surface area contributed by atoms with Gasteiger partial charge in [0, 0.05) is 44.0 Å². The van der Waals surface area contributed by atoms with Crippen molar-refractivity contribution in [3.05, 3.63) is 95.3 Å². The third-order valence-corrected chi connectivity index (χ3v) is 7.42. The van der Waals surface area contributed by atoms with Crippen LogP contribution in [0.4, 0.5) is 4.79 Å². The molecule has 1 aliphatic rings. The minimum absolute atomic E-state index is 0.0105. The zero-order valence-corrected chi connectivity index (χ0v) is 25.4. The number of amides is 2. The molecule has 1 aliphatic heterocycles. The summed E-state index contributed by atoms with van der Waals surface area (Å²) in [6, 6.07) is 20.8. The lowest BCUT2D eigenvalue weighted by Crippen LogP contribution is -2.54. The summed E-state index contributed by atoms with van der Waals surface area (Å²) in [6.07, 6.45) is 2.48. The van der Waals surface area contributed by atoms with E-state index < -0.39 is 11.5 Å². The second kappa shape index (κ2) is 12.3. The standard InChI is InChI=1S/C33H39N7O3/c1-22-20-38(16-17-39(22)32(42)43-33(3,4)5)21-28-13-12-27(19-35-28)26-10-6-24(7-11-26)18-25-8-14-29(15-9-25)40-23(2)36-31(37-40)30(34)41/h6-15,19,22H,16-18,20-21H2,1-5H3,(H2,34,41). The molecule has 43 heavy (non-hydrogen) atoms. The predicted molar refractivity (Wildman–Crippen MR) is 165 cm³/mol. The molecule has 5 rings (SSSR count). The molecule has 1 saturated heterocycles. The molecular weight excluding hydrogens is 542 g/mol. The normalized spacial score (nSPS) is 15.8. The summed E-state index contributed by atoms with van der Waals surface area (Å²) in [5, 5.41) is 4.19. The zero-order chi connectivity index (χ0) is 30.7. The molecule has 0 aliphatic carbocycles. The summed E-state index contributed by atoms with van der Waals surface area (Å²) >= 11 is 0. The predicted octanol–water partition coefficient (Wildman–Crippen LogP) is 4.77. The number of carbonyl (C=O) groups is 2. The number of benzene rings is 2. The number of nitrogens with zero attached hydrogens (tertiary/aromatic N) is 6. The highest BCUT2D eigenvalue weighted by Crippen LogP contribution is 2.22. The molecule has 1 fully saturated rings. The van der Waals surface area contributed by atoms with Crippen molar-refractivity contribution in [1.82, 2.24) is 29.5 Å². The first kappa shape index (κ1) is 29.9. The van der Waals surface area contributed by atoms with Gasteiger partial charge in [0.25, 0.3) is 5.91 Å². The Kier molecular flexibility index (Phi) is 8.59. The van der Waals surface area contributed by atoms with Gasteiger partial charge in [0.15, 0.2) is 0 Å². The molecule has 10 nitrogen and oxygen atoms in total. The van der Waals surface area contributed by atoms with E-state index in [4.69, 9.17) is 15.5 Å². The SMILES string of the molecule is Cc1nc(C(N)=O)nn1-c1ccc(Cc2ccc(-c3ccc(CN4CCN(C(=O)OC(C)(C)C)C(C)C4)nc3)cc2)cc1. The van der Waals surface area contributed by atoms with Gasteiger partial charge in [-0.1, -0.05) is 42.5 Å². The van der Waals surface area contributed by atoms with Crippen LogP contribution in [0, 0.1) is 6.92 Å². The van der Waals surface area contributed by atoms with Gasteiger partial charge in [-0.25, -0.2) is 14.5 Å². The van der Waals surface area contributed by atoms with Gasteiger partial charge >= 0.3 is 6.09 Å². The number of primary amides is 1. The monoisotopic (exact) mass is 581 g/mol. The van der Waals surface area contributed by atoms with Gasteiger partial charge in [0.05, 0.1) is 11.4 Å². The molecule has 2 aromatic carbocycles. The first-order valence-electron chi connectivity index (χ1n) is 14.5. The van der Waals surface area contributed by atoms with Gasteiger partial charge in [-0.05, 0) is 75.9 Å². The van der Waals surface area contributed by atoms with Crippen molar-refractivity contribution in [3.8, 4) is 16.8 Å². The summed E-state index contributed by atoms with van der Waals surface area (Å²) in [5.74, 6) is -0.0287. The van der Waals surface area contributed by atoms with Crippen LogP contribution < -0.4 is 5.73 Å². The Bertz CT molecular complexity index is 1570. The van der Waals surface area contributed by atoms with E-state index in [-0.39, 0.29) is 18.0 Å². The van der Waals surface area contributed by atoms with Crippen LogP contribution in [0.2, 0.25) is 0 Å². The molecular formula is C33H39N7O3. The second-order valence-corrected chi connectivity index (χ2v) is 12.1. The fourth-order valence-electron chi connectivity index (χ4n) is 5.23. The van der Waals surface area contributed by atoms with Gasteiger partial charge in [0.2, 0.25) is 5.82 Å². The Balaban J connectivity index is 1.15. The summed E-state index contributed by atoms with van der Waals surface area (Å²) in [4.78, 5) is 36.9. The Labute approximate surface area is 252 Å². The van der Waals surface area contributed by atoms with Gasteiger partial charge in [-0.15, -0.1) is 5.10 Å². The molecule has 2 amide bonds. The minimum atomic E-state index is -0.643. The molecule has 10 heteroatoms. The van der Waals surface area contributed by atoms with Crippen LogP contribution in [-0.4, -0.2) is 72.8 Å². The molecule has 2 aromatic heterocycles. The van der Waals surface area contributed by atoms with Gasteiger partial charge in [-0.2, -0.15) is 0 Å². The lowest BCUT2D eigenvalue weighted by molar-refractivity contribution is 0.000426. The van der Waals surface area contributed by atoms with Crippen molar-refractivity contribution in [1.29, 1.82) is 0 Å². The lowest BCUT2D eigenvalue weighted by atomic mass is 10.0. The Morgan fingerprint density at radius 1 is 0.953 bits per heavy atom. The fraction of sp³-hybridized carbons (Fsp3) is 0.364. The molecule has 1 atom stereocenters. The van der Waals surface area contributed by atoms with Crippen molar-refractivity contribution in [3.63, 3.8) is 0 Å². The smallest absolute Gasteiger partial charge is 0.410 e. The lowest BCUT2D eigenvalue weighted by Gasteiger charge is -2.40. The first-order chi connectivity index (χ1) is 20.4. The number of nitrogens with two attached hydrogens (primary N) is 1. The van der Waals surface area contributed by atoms with E-state index in [9.17, 15) is 9.59 Å². The molecule has 0 bridgehead atoms. The highest BCUT2D eigenvalue weighted by Gasteiger charge is 2.30. The van der Waals surface area contributed by atoms with Crippen LogP contribution in [0.25, 0.3) is 16.8 Å². The quantitative estimate of drug-likeness (QED) is 0.334. The van der Waals surface area contributed by atoms with Gasteiger partial charge in [0.1, 0.15) is 11.4 Å². The number of aryl methyl sites for hydroxylation is 1. The summed E-state index contributed by atoms with van der Waals surface area (Å²) in [6.45, 7) is 12.5. The van der Waals surface area contributed by atoms with E-state index in [1.54, 1.807) is 11.6 Å². The van der Waals surface area contributed by atoms with Crippen LogP contribution in [0.1, 0.15) is 61.0 Å². The molecule has 2 N–H and O–H groups in total. The highest BCUT2D eigenvalue weighted by molar-refractivity contribution is 5.88. The Morgan fingerprint density at radius 3 is 2.16 bits per heavy atom. The third-order valence-electron chi connectivity index (χ3n) is 7.42. The summed E-state index contributed by atoms with van der Waals surface area (Å²) in [5.41, 5.74) is 11.2. The molecule has 224 valence electrons. The molecule has 4 aromatic rings. The van der Waals surface area contributed by atoms with Crippen LogP contribution in [-0.2, 0) is 17.7 Å². The van der Waals surface area contributed by atoms with Crippen LogP contribution in [0.3, 0.4) is 0 Å². The fourth-order valence-corrected chi connectivity index (χ4v) is 5.23. The summed E-state index contributed by atoms with van der Waals surface area (Å²) in [7, 11) is 0. The van der Waals surface area contributed by atoms with E-state index >= 15 is 0 Å². The average molecular weight is 582 g/mol. The van der Waals surface area contributed by atoms with Gasteiger partial charge < -0.3 is 15.4 Å². The number of carbonyl (C=O) groups excluding carboxylic acids is 2. The van der Waals surface area contributed by atoms with E-state index in [0.29, 0.717) is 12.4 Å². The maximum absolute atomic E-state index is 12.5. The number of aromatic nitrogens is 4. The van der Waals surface area contributed by atoms with Crippen LogP contribution >= 0.6 is 0 Å². The van der Waals surface area contributed by atoms with Crippen molar-refractivity contribution in [2.24, 2.45) is 5.73 Å². The zero-order valence-electron chi connectivity index (χ0n) is 25.4. The largest absolute Gasteiger partial charge is 0.444 e. The van der Waals surface area contributed by atoms with Crippen LogP contribution in [0.5, 0.6) is 0 Å². The Hall–Kier alpha value is -4.57. The van der Waals surface area contributed by atoms with Crippen molar-refractivity contribution < 1.29 is 14.3 Å². The maximum Gasteiger partial charge on any atom is 0.410 e. The molecule has 3 heterocycles. The summed E-state index contributed by atoms with van der Waals surface area (Å²) < 4.78 is 7.18. The number of ether oxygens (including phenoxy) is 1. The Morgan fingerprint density at radius 2 is 1.60 bits per heavy atom. The average Bonchev–Trinajstić information content (AvgIpc) is 3.35. The number of pyridine rings is 1. The third kappa shape index (κ3) is 7.45. The maximum atomic E-state index is 12.5. The number of piperazine rings is 1. The topological polar surface area (TPSA) is 119 Å². The molecule has 0 radical (unpaired) electrons. The number of rotatable bonds is 7. The van der Waals surface area contributed by atoms with Gasteiger partial charge in [-0.3, -0.25) is 14.7 Å². The van der Waals surface area contributed by atoms with E-state index in [2.05, 4.69) is 70.4 Å². The van der Waals surface area contributed by atoms with Crippen molar-refractivity contribution in [2.75, 3.05) is 19.6 Å².